The Balaban J connectivity index is 1.70. The van der Waals surface area contributed by atoms with Crippen LogP contribution < -0.4 is 0 Å². The van der Waals surface area contributed by atoms with Crippen molar-refractivity contribution >= 4 is 24.7 Å². The minimum absolute atomic E-state index is 0.0503. The maximum Gasteiger partial charge on any atom is 0.0512 e. The Hall–Kier alpha value is 0.697. The normalized spacial score (nSPS) is 32.8. The summed E-state index contributed by atoms with van der Waals surface area (Å²) in [7, 11) is 0.0503. The summed E-state index contributed by atoms with van der Waals surface area (Å²) in [4.78, 5) is 0. The fraction of sp³-hybridized carbons (Fsp3) is 1.00. The van der Waals surface area contributed by atoms with Crippen LogP contribution in [0.15, 0.2) is 0 Å². The molecule has 1 heterocycles. The molecule has 0 amide bonds. The van der Waals surface area contributed by atoms with Gasteiger partial charge in [0, 0.05) is 5.33 Å². The van der Waals surface area contributed by atoms with Crippen LogP contribution in [0.1, 0.15) is 58.3 Å². The van der Waals surface area contributed by atoms with Crippen LogP contribution in [-0.2, 0) is 0 Å². The molecule has 0 spiro atoms. The van der Waals surface area contributed by atoms with Gasteiger partial charge in [0.15, 0.2) is 0 Å². The molecule has 0 aromatic heterocycles. The smallest absolute Gasteiger partial charge is 0.0512 e. The van der Waals surface area contributed by atoms with Gasteiger partial charge >= 0.3 is 0 Å². The van der Waals surface area contributed by atoms with E-state index in [-0.39, 0.29) is 8.80 Å². The highest BCUT2D eigenvalue weighted by atomic mass is 79.9. The van der Waals surface area contributed by atoms with Gasteiger partial charge < -0.3 is 0 Å². The van der Waals surface area contributed by atoms with Gasteiger partial charge in [-0.3, -0.25) is 0 Å². The lowest BCUT2D eigenvalue weighted by Crippen LogP contribution is -2.29. The monoisotopic (exact) mass is 315 g/mol. The molecule has 1 aliphatic carbocycles. The molecule has 2 fully saturated rings. The predicted octanol–water partition coefficient (Wildman–Crippen LogP) is 5.65. The highest BCUT2D eigenvalue weighted by Crippen LogP contribution is 2.42. The van der Waals surface area contributed by atoms with E-state index in [2.05, 4.69) is 22.9 Å². The average Bonchev–Trinajstić information content (AvgIpc) is 2.40. The molecule has 17 heavy (non-hydrogen) atoms. The van der Waals surface area contributed by atoms with Crippen LogP contribution in [0.2, 0.25) is 17.6 Å². The van der Waals surface area contributed by atoms with E-state index in [1.54, 1.807) is 37.8 Å². The zero-order valence-corrected chi connectivity index (χ0v) is 14.0. The minimum atomic E-state index is 0.0503. The van der Waals surface area contributed by atoms with E-state index in [0.29, 0.717) is 0 Å². The molecular formula is C15H28BrSi. The maximum atomic E-state index is 3.66. The van der Waals surface area contributed by atoms with Gasteiger partial charge in [-0.05, 0) is 17.4 Å². The number of halogens is 1. The van der Waals surface area contributed by atoms with Crippen molar-refractivity contribution in [1.82, 2.24) is 0 Å². The largest absolute Gasteiger partial charge is 0.0925 e. The van der Waals surface area contributed by atoms with Gasteiger partial charge in [0.1, 0.15) is 0 Å². The average molecular weight is 316 g/mol. The molecule has 0 N–H and O–H groups in total. The van der Waals surface area contributed by atoms with Crippen molar-refractivity contribution in [2.75, 3.05) is 5.33 Å². The first-order valence-electron chi connectivity index (χ1n) is 7.74. The third-order valence-electron chi connectivity index (χ3n) is 5.09. The Morgan fingerprint density at radius 3 is 2.12 bits per heavy atom. The van der Waals surface area contributed by atoms with Crippen molar-refractivity contribution < 1.29 is 0 Å². The van der Waals surface area contributed by atoms with E-state index in [1.807, 2.05) is 0 Å². The van der Waals surface area contributed by atoms with Crippen molar-refractivity contribution in [3.63, 3.8) is 0 Å². The van der Waals surface area contributed by atoms with Gasteiger partial charge in [0.2, 0.25) is 0 Å². The highest BCUT2D eigenvalue weighted by molar-refractivity contribution is 9.09. The van der Waals surface area contributed by atoms with Crippen LogP contribution in [0.4, 0.5) is 0 Å². The van der Waals surface area contributed by atoms with E-state index in [4.69, 9.17) is 0 Å². The van der Waals surface area contributed by atoms with Crippen LogP contribution in [0.5, 0.6) is 0 Å². The van der Waals surface area contributed by atoms with Crippen LogP contribution in [0, 0.1) is 11.8 Å². The topological polar surface area (TPSA) is 0 Å². The molecule has 2 aliphatic rings. The van der Waals surface area contributed by atoms with E-state index >= 15 is 0 Å². The summed E-state index contributed by atoms with van der Waals surface area (Å²) in [6.45, 7) is 2.35. The van der Waals surface area contributed by atoms with Crippen LogP contribution >= 0.6 is 15.9 Å². The Morgan fingerprint density at radius 2 is 1.59 bits per heavy atom. The highest BCUT2D eigenvalue weighted by Gasteiger charge is 2.31. The zero-order chi connectivity index (χ0) is 12.1. The Morgan fingerprint density at radius 1 is 0.941 bits per heavy atom. The molecule has 0 bridgehead atoms. The van der Waals surface area contributed by atoms with E-state index in [0.717, 1.165) is 11.8 Å². The summed E-state index contributed by atoms with van der Waals surface area (Å²) in [6, 6.07) is 3.26. The first kappa shape index (κ1) is 14.1. The molecule has 1 radical (unpaired) electrons. The third-order valence-corrected chi connectivity index (χ3v) is 9.60. The van der Waals surface area contributed by atoms with E-state index < -0.39 is 0 Å². The Labute approximate surface area is 118 Å². The lowest BCUT2D eigenvalue weighted by atomic mass is 9.86. The number of rotatable bonds is 4. The molecule has 0 nitrogen and oxygen atoms in total. The van der Waals surface area contributed by atoms with Gasteiger partial charge in [-0.2, -0.15) is 0 Å². The third kappa shape index (κ3) is 4.09. The molecule has 99 valence electrons. The molecular weight excluding hydrogens is 288 g/mol. The summed E-state index contributed by atoms with van der Waals surface area (Å²) < 4.78 is 0. The SMILES string of the molecule is CCCC1CCC([Si]2CCC(CBr)CC2)CC1. The molecule has 2 heteroatoms. The molecule has 1 aliphatic heterocycles. The number of hydrogen-bond acceptors (Lipinski definition) is 0. The molecule has 0 unspecified atom stereocenters. The molecule has 0 atom stereocenters. The lowest BCUT2D eigenvalue weighted by molar-refractivity contribution is 0.331. The summed E-state index contributed by atoms with van der Waals surface area (Å²) in [5.74, 6) is 2.11. The van der Waals surface area contributed by atoms with E-state index in [9.17, 15) is 0 Å². The first-order valence-corrected chi connectivity index (χ1v) is 10.8. The zero-order valence-electron chi connectivity index (χ0n) is 11.4. The second kappa shape index (κ2) is 7.33. The van der Waals surface area contributed by atoms with Gasteiger partial charge in [-0.25, -0.2) is 0 Å². The van der Waals surface area contributed by atoms with Crippen LogP contribution in [-0.4, -0.2) is 14.1 Å². The fourth-order valence-corrected chi connectivity index (χ4v) is 8.30. The van der Waals surface area contributed by atoms with Gasteiger partial charge in [0.05, 0.1) is 8.80 Å². The van der Waals surface area contributed by atoms with Crippen molar-refractivity contribution in [2.45, 2.75) is 75.9 Å². The van der Waals surface area contributed by atoms with Crippen molar-refractivity contribution in [1.29, 1.82) is 0 Å². The standard InChI is InChI=1S/C15H28BrSi/c1-2-3-13-4-6-15(7-5-13)17-10-8-14(12-16)9-11-17/h13-15H,2-12H2,1H3. The quantitative estimate of drug-likeness (QED) is 0.464. The summed E-state index contributed by atoms with van der Waals surface area (Å²) >= 11 is 3.66. The second-order valence-electron chi connectivity index (χ2n) is 6.26. The van der Waals surface area contributed by atoms with Gasteiger partial charge in [-0.1, -0.05) is 86.3 Å². The van der Waals surface area contributed by atoms with E-state index in [1.165, 1.54) is 36.6 Å². The van der Waals surface area contributed by atoms with Gasteiger partial charge in [0.25, 0.3) is 0 Å². The van der Waals surface area contributed by atoms with Gasteiger partial charge in [-0.15, -0.1) is 0 Å². The summed E-state index contributed by atoms with van der Waals surface area (Å²) in [5, 5.41) is 1.26. The fourth-order valence-electron chi connectivity index (χ4n) is 3.88. The molecule has 0 aromatic rings. The van der Waals surface area contributed by atoms with Crippen molar-refractivity contribution in [3.8, 4) is 0 Å². The molecule has 0 aromatic carbocycles. The number of alkyl halides is 1. The Bertz CT molecular complexity index is 203. The van der Waals surface area contributed by atoms with Crippen molar-refractivity contribution in [3.05, 3.63) is 0 Å². The molecule has 1 saturated heterocycles. The van der Waals surface area contributed by atoms with Crippen LogP contribution in [0.25, 0.3) is 0 Å². The first-order chi connectivity index (χ1) is 8.33. The second-order valence-corrected chi connectivity index (χ2v) is 10.0. The molecule has 2 rings (SSSR count). The van der Waals surface area contributed by atoms with Crippen molar-refractivity contribution in [2.24, 2.45) is 11.8 Å². The molecule has 1 saturated carbocycles. The number of hydrogen-bond donors (Lipinski definition) is 0. The van der Waals surface area contributed by atoms with Crippen LogP contribution in [0.3, 0.4) is 0 Å². The predicted molar refractivity (Wildman–Crippen MR) is 82.5 cm³/mol. The summed E-state index contributed by atoms with van der Waals surface area (Å²) in [6.07, 6.45) is 12.3. The maximum absolute atomic E-state index is 3.66. The lowest BCUT2D eigenvalue weighted by Gasteiger charge is -2.36. The Kier molecular flexibility index (Phi) is 6.08. The minimum Gasteiger partial charge on any atom is -0.0925 e. The summed E-state index contributed by atoms with van der Waals surface area (Å²) in [5.41, 5.74) is 1.20.